The number of aliphatic hydroxyl groups is 2. The Morgan fingerprint density at radius 3 is 2.64 bits per heavy atom. The number of hydrogen-bond acceptors (Lipinski definition) is 5. The van der Waals surface area contributed by atoms with Gasteiger partial charge in [-0.3, -0.25) is 4.79 Å². The summed E-state index contributed by atoms with van der Waals surface area (Å²) in [5, 5.41) is 23.8. The van der Waals surface area contributed by atoms with E-state index >= 15 is 0 Å². The molecule has 3 aromatic rings. The molecule has 3 rings (SSSR count). The predicted molar refractivity (Wildman–Crippen MR) is 105 cm³/mol. The van der Waals surface area contributed by atoms with E-state index in [0.717, 1.165) is 5.56 Å². The highest BCUT2D eigenvalue weighted by Crippen LogP contribution is 2.24. The number of H-pyrrole nitrogens is 1. The van der Waals surface area contributed by atoms with Gasteiger partial charge in [0.05, 0.1) is 11.6 Å². The smallest absolute Gasteiger partial charge is 0.407 e. The third kappa shape index (κ3) is 4.76. The monoisotopic (exact) mass is 382 g/mol. The van der Waals surface area contributed by atoms with Crippen molar-refractivity contribution in [2.45, 2.75) is 25.2 Å². The van der Waals surface area contributed by atoms with Crippen molar-refractivity contribution >= 4 is 17.0 Å². The van der Waals surface area contributed by atoms with Gasteiger partial charge in [-0.2, -0.15) is 0 Å². The van der Waals surface area contributed by atoms with Crippen LogP contribution in [0.2, 0.25) is 0 Å². The Kier molecular flexibility index (Phi) is 6.41. The third-order valence-corrected chi connectivity index (χ3v) is 4.43. The highest BCUT2D eigenvalue weighted by atomic mass is 16.5. The van der Waals surface area contributed by atoms with E-state index in [1.807, 2.05) is 30.3 Å². The number of aromatic amines is 1. The van der Waals surface area contributed by atoms with Crippen molar-refractivity contribution in [2.24, 2.45) is 0 Å². The maximum absolute atomic E-state index is 11.9. The molecular formula is C21H22N2O5. The molecule has 0 spiro atoms. The van der Waals surface area contributed by atoms with Gasteiger partial charge in [0, 0.05) is 29.8 Å². The van der Waals surface area contributed by atoms with Crippen molar-refractivity contribution in [1.82, 2.24) is 10.3 Å². The van der Waals surface area contributed by atoms with Crippen LogP contribution in [0.4, 0.5) is 4.79 Å². The molecule has 0 saturated heterocycles. The number of aliphatic hydroxyl groups excluding tert-OH is 2. The van der Waals surface area contributed by atoms with E-state index in [9.17, 15) is 19.8 Å². The van der Waals surface area contributed by atoms with Gasteiger partial charge in [-0.15, -0.1) is 0 Å². The number of alkyl carbamates (subject to hydrolysis) is 1. The van der Waals surface area contributed by atoms with Gasteiger partial charge >= 0.3 is 6.09 Å². The van der Waals surface area contributed by atoms with E-state index in [-0.39, 0.29) is 25.0 Å². The first-order valence-electron chi connectivity index (χ1n) is 8.97. The lowest BCUT2D eigenvalue weighted by molar-refractivity contribution is 0.0144. The molecule has 2 atom stereocenters. The van der Waals surface area contributed by atoms with Gasteiger partial charge in [0.2, 0.25) is 0 Å². The minimum absolute atomic E-state index is 0.120. The molecule has 1 aromatic heterocycles. The molecule has 2 aromatic carbocycles. The molecule has 0 aliphatic heterocycles. The van der Waals surface area contributed by atoms with E-state index < -0.39 is 18.3 Å². The van der Waals surface area contributed by atoms with Crippen LogP contribution in [0, 0.1) is 0 Å². The lowest BCUT2D eigenvalue weighted by Gasteiger charge is -2.19. The molecule has 1 heterocycles. The van der Waals surface area contributed by atoms with Crippen LogP contribution in [0.3, 0.4) is 0 Å². The number of fused-ring (bicyclic) bond motifs is 1. The number of rotatable bonds is 7. The minimum atomic E-state index is -1.20. The minimum Gasteiger partial charge on any atom is -0.445 e. The molecule has 0 aliphatic rings. The second-order valence-electron chi connectivity index (χ2n) is 6.40. The molecule has 0 aliphatic carbocycles. The molecule has 0 bridgehead atoms. The van der Waals surface area contributed by atoms with Crippen molar-refractivity contribution in [3.05, 3.63) is 82.1 Å². The zero-order chi connectivity index (χ0) is 19.9. The van der Waals surface area contributed by atoms with Crippen molar-refractivity contribution in [2.75, 3.05) is 6.54 Å². The van der Waals surface area contributed by atoms with Crippen molar-refractivity contribution < 1.29 is 19.7 Å². The summed E-state index contributed by atoms with van der Waals surface area (Å²) in [7, 11) is 0. The van der Waals surface area contributed by atoms with Gasteiger partial charge in [-0.1, -0.05) is 42.5 Å². The van der Waals surface area contributed by atoms with Crippen molar-refractivity contribution in [3.63, 3.8) is 0 Å². The predicted octanol–water partition coefficient (Wildman–Crippen LogP) is 2.24. The Labute approximate surface area is 161 Å². The van der Waals surface area contributed by atoms with E-state index in [1.165, 1.54) is 12.3 Å². The van der Waals surface area contributed by atoms with Gasteiger partial charge in [-0.05, 0) is 18.1 Å². The first kappa shape index (κ1) is 19.6. The molecule has 0 radical (unpaired) electrons. The van der Waals surface area contributed by atoms with Crippen molar-refractivity contribution in [3.8, 4) is 0 Å². The molecule has 28 heavy (non-hydrogen) atoms. The quantitative estimate of drug-likeness (QED) is 0.501. The second-order valence-corrected chi connectivity index (χ2v) is 6.40. The van der Waals surface area contributed by atoms with Gasteiger partial charge in [0.25, 0.3) is 0 Å². The fraction of sp³-hybridized carbons (Fsp3) is 0.238. The Morgan fingerprint density at radius 1 is 1.07 bits per heavy atom. The largest absolute Gasteiger partial charge is 0.445 e. The van der Waals surface area contributed by atoms with E-state index in [0.29, 0.717) is 16.5 Å². The first-order chi connectivity index (χ1) is 13.6. The van der Waals surface area contributed by atoms with E-state index in [1.54, 1.807) is 18.2 Å². The van der Waals surface area contributed by atoms with E-state index in [2.05, 4.69) is 10.3 Å². The summed E-state index contributed by atoms with van der Waals surface area (Å²) in [6.45, 7) is 0.286. The molecule has 1 amide bonds. The molecule has 7 heteroatoms. The van der Waals surface area contributed by atoms with Crippen LogP contribution < -0.4 is 10.7 Å². The van der Waals surface area contributed by atoms with Gasteiger partial charge in [0.15, 0.2) is 5.43 Å². The summed E-state index contributed by atoms with van der Waals surface area (Å²) in [5.74, 6) is 0. The summed E-state index contributed by atoms with van der Waals surface area (Å²) in [5.41, 5.74) is 1.62. The Balaban J connectivity index is 1.52. The fourth-order valence-corrected chi connectivity index (χ4v) is 2.93. The number of hydrogen-bond donors (Lipinski definition) is 4. The normalized spacial score (nSPS) is 13.1. The maximum atomic E-state index is 11.9. The Bertz CT molecular complexity index is 987. The van der Waals surface area contributed by atoms with Gasteiger partial charge in [0.1, 0.15) is 12.7 Å². The highest BCUT2D eigenvalue weighted by Gasteiger charge is 2.21. The zero-order valence-electron chi connectivity index (χ0n) is 15.2. The standard InChI is InChI=1S/C21H22N2O5/c24-17-9-11-22-19-15(17)7-4-8-16(19)20(26)18(25)10-12-23-21(27)28-13-14-5-2-1-3-6-14/h1-9,11,18,20,25-26H,10,12-13H2,(H,22,24)(H,23,27). The van der Waals surface area contributed by atoms with Crippen molar-refractivity contribution in [1.29, 1.82) is 0 Å². The molecule has 0 fully saturated rings. The highest BCUT2D eigenvalue weighted by molar-refractivity contribution is 5.81. The molecular weight excluding hydrogens is 360 g/mol. The SMILES string of the molecule is O=C(NCCC(O)C(O)c1cccc2c(=O)cc[nH]c12)OCc1ccccc1. The fourth-order valence-electron chi connectivity index (χ4n) is 2.93. The van der Waals surface area contributed by atoms with Crippen LogP contribution in [0.1, 0.15) is 23.7 Å². The summed E-state index contributed by atoms with van der Waals surface area (Å²) < 4.78 is 5.09. The number of amides is 1. The summed E-state index contributed by atoms with van der Waals surface area (Å²) in [4.78, 5) is 26.6. The average Bonchev–Trinajstić information content (AvgIpc) is 2.72. The van der Waals surface area contributed by atoms with Gasteiger partial charge in [-0.25, -0.2) is 4.79 Å². The van der Waals surface area contributed by atoms with Crippen LogP contribution in [-0.2, 0) is 11.3 Å². The topological polar surface area (TPSA) is 112 Å². The summed E-state index contributed by atoms with van der Waals surface area (Å²) in [6, 6.07) is 15.6. The number of aromatic nitrogens is 1. The number of carbonyl (C=O) groups is 1. The molecule has 0 saturated carbocycles. The van der Waals surface area contributed by atoms with Crippen LogP contribution in [-0.4, -0.2) is 33.9 Å². The van der Waals surface area contributed by atoms with E-state index in [4.69, 9.17) is 4.74 Å². The molecule has 2 unspecified atom stereocenters. The molecule has 7 nitrogen and oxygen atoms in total. The zero-order valence-corrected chi connectivity index (χ0v) is 15.2. The number of benzene rings is 2. The Hall–Kier alpha value is -3.16. The lowest BCUT2D eigenvalue weighted by Crippen LogP contribution is -2.30. The van der Waals surface area contributed by atoms with Crippen LogP contribution in [0.5, 0.6) is 0 Å². The maximum Gasteiger partial charge on any atom is 0.407 e. The molecule has 146 valence electrons. The summed E-state index contributed by atoms with van der Waals surface area (Å²) >= 11 is 0. The third-order valence-electron chi connectivity index (χ3n) is 4.43. The Morgan fingerprint density at radius 2 is 1.86 bits per heavy atom. The van der Waals surface area contributed by atoms with Crippen LogP contribution >= 0.6 is 0 Å². The number of para-hydroxylation sites is 1. The number of nitrogens with one attached hydrogen (secondary N) is 2. The number of carbonyl (C=O) groups excluding carboxylic acids is 1. The van der Waals surface area contributed by atoms with Crippen LogP contribution in [0.15, 0.2) is 65.6 Å². The number of ether oxygens (including phenoxy) is 1. The van der Waals surface area contributed by atoms with Crippen LogP contribution in [0.25, 0.3) is 10.9 Å². The van der Waals surface area contributed by atoms with Gasteiger partial charge < -0.3 is 25.3 Å². The number of pyridine rings is 1. The molecule has 4 N–H and O–H groups in total. The summed E-state index contributed by atoms with van der Waals surface area (Å²) in [6.07, 6.45) is -1.31. The average molecular weight is 382 g/mol. The first-order valence-corrected chi connectivity index (χ1v) is 8.97. The second kappa shape index (κ2) is 9.16. The lowest BCUT2D eigenvalue weighted by atomic mass is 9.99.